The highest BCUT2D eigenvalue weighted by Gasteiger charge is 2.23. The number of thioether (sulfide) groups is 1. The van der Waals surface area contributed by atoms with Gasteiger partial charge < -0.3 is 5.84 Å². The molecule has 0 aliphatic heterocycles. The molecule has 1 aromatic heterocycles. The topological polar surface area (TPSA) is 94.1 Å². The Morgan fingerprint density at radius 2 is 1.69 bits per heavy atom. The van der Waals surface area contributed by atoms with E-state index in [1.54, 1.807) is 24.3 Å². The molecule has 7 nitrogen and oxygen atoms in total. The molecule has 0 aliphatic rings. The van der Waals surface area contributed by atoms with E-state index in [1.807, 2.05) is 13.8 Å². The van der Waals surface area contributed by atoms with Crippen LogP contribution in [0, 0.1) is 0 Å². The van der Waals surface area contributed by atoms with Crippen LogP contribution in [0.3, 0.4) is 0 Å². The minimum absolute atomic E-state index is 0.116. The second-order valence-corrected chi connectivity index (χ2v) is 11.4. The fraction of sp³-hybridized carbons (Fsp3) is 0.391. The van der Waals surface area contributed by atoms with E-state index >= 15 is 0 Å². The van der Waals surface area contributed by atoms with Crippen molar-refractivity contribution in [2.24, 2.45) is 0 Å². The molecule has 3 aromatic rings. The molecular formula is C23H31N5O2S2. The molecule has 0 unspecified atom stereocenters. The molecule has 0 saturated carbocycles. The Morgan fingerprint density at radius 3 is 2.28 bits per heavy atom. The van der Waals surface area contributed by atoms with Gasteiger partial charge in [-0.2, -0.15) is 4.31 Å². The van der Waals surface area contributed by atoms with Crippen LogP contribution in [-0.4, -0.2) is 40.7 Å². The van der Waals surface area contributed by atoms with Crippen LogP contribution in [0.25, 0.3) is 11.4 Å². The molecule has 1 heterocycles. The molecule has 0 radical (unpaired) electrons. The van der Waals surface area contributed by atoms with Gasteiger partial charge in [-0.3, -0.25) is 0 Å². The lowest BCUT2D eigenvalue weighted by atomic mass is 9.87. The Morgan fingerprint density at radius 1 is 1.03 bits per heavy atom. The number of nitrogens with two attached hydrogens (primary N) is 1. The van der Waals surface area contributed by atoms with Gasteiger partial charge in [0.2, 0.25) is 15.2 Å². The van der Waals surface area contributed by atoms with Crippen molar-refractivity contribution in [3.63, 3.8) is 0 Å². The molecular weight excluding hydrogens is 442 g/mol. The minimum atomic E-state index is -3.57. The van der Waals surface area contributed by atoms with Crippen LogP contribution in [0.15, 0.2) is 58.6 Å². The SMILES string of the molecule is CCN(CC)S(=O)(=O)c1cccc(-c2nnc(SCc3ccc(C(C)(C)C)cc3)n2N)c1. The summed E-state index contributed by atoms with van der Waals surface area (Å²) < 4.78 is 28.6. The quantitative estimate of drug-likeness (QED) is 0.388. The molecule has 172 valence electrons. The van der Waals surface area contributed by atoms with Gasteiger partial charge in [-0.05, 0) is 28.7 Å². The van der Waals surface area contributed by atoms with E-state index in [1.165, 1.54) is 31.9 Å². The van der Waals surface area contributed by atoms with E-state index in [0.717, 1.165) is 0 Å². The average Bonchev–Trinajstić information content (AvgIpc) is 3.13. The molecule has 2 N–H and O–H groups in total. The maximum absolute atomic E-state index is 12.9. The Hall–Kier alpha value is -2.36. The zero-order chi connectivity index (χ0) is 23.5. The molecule has 0 aliphatic carbocycles. The summed E-state index contributed by atoms with van der Waals surface area (Å²) in [5.41, 5.74) is 3.18. The number of sulfonamides is 1. The minimum Gasteiger partial charge on any atom is -0.335 e. The van der Waals surface area contributed by atoms with Crippen LogP contribution in [0.5, 0.6) is 0 Å². The number of hydrogen-bond donors (Lipinski definition) is 1. The lowest BCUT2D eigenvalue weighted by molar-refractivity contribution is 0.445. The third-order valence-electron chi connectivity index (χ3n) is 5.29. The number of rotatable bonds is 8. The molecule has 0 amide bonds. The van der Waals surface area contributed by atoms with E-state index in [0.29, 0.717) is 35.4 Å². The van der Waals surface area contributed by atoms with E-state index < -0.39 is 10.0 Å². The monoisotopic (exact) mass is 473 g/mol. The van der Waals surface area contributed by atoms with Crippen molar-refractivity contribution in [2.75, 3.05) is 18.9 Å². The van der Waals surface area contributed by atoms with Crippen molar-refractivity contribution >= 4 is 21.8 Å². The fourth-order valence-corrected chi connectivity index (χ4v) is 5.65. The van der Waals surface area contributed by atoms with E-state index in [2.05, 4.69) is 55.2 Å². The van der Waals surface area contributed by atoms with Crippen molar-refractivity contribution in [3.05, 3.63) is 59.7 Å². The van der Waals surface area contributed by atoms with Gasteiger partial charge in [0, 0.05) is 24.4 Å². The lowest BCUT2D eigenvalue weighted by Gasteiger charge is -2.19. The van der Waals surface area contributed by atoms with Crippen molar-refractivity contribution in [1.82, 2.24) is 19.2 Å². The molecule has 0 fully saturated rings. The summed E-state index contributed by atoms with van der Waals surface area (Å²) in [5.74, 6) is 7.39. The van der Waals surface area contributed by atoms with Crippen LogP contribution in [0.4, 0.5) is 0 Å². The third-order valence-corrected chi connectivity index (χ3v) is 8.35. The standard InChI is InChI=1S/C23H31N5O2S2/c1-6-27(7-2)32(29,30)20-10-8-9-18(15-20)21-25-26-22(28(21)24)31-16-17-11-13-19(14-12-17)23(3,4)5/h8-15H,6-7,16,24H2,1-5H3. The summed E-state index contributed by atoms with van der Waals surface area (Å²) in [6, 6.07) is 15.2. The normalized spacial score (nSPS) is 12.4. The number of benzene rings is 2. The number of nitrogens with zero attached hydrogens (tertiary/aromatic N) is 4. The zero-order valence-corrected chi connectivity index (χ0v) is 20.9. The van der Waals surface area contributed by atoms with Crippen LogP contribution in [0.2, 0.25) is 0 Å². The third kappa shape index (κ3) is 5.16. The second-order valence-electron chi connectivity index (χ2n) is 8.53. The lowest BCUT2D eigenvalue weighted by Crippen LogP contribution is -2.30. The molecule has 9 heteroatoms. The van der Waals surface area contributed by atoms with Gasteiger partial charge in [-0.1, -0.05) is 82.8 Å². The summed E-state index contributed by atoms with van der Waals surface area (Å²) in [5, 5.41) is 8.99. The number of aromatic nitrogens is 3. The Bertz CT molecular complexity index is 1160. The van der Waals surface area contributed by atoms with Gasteiger partial charge in [0.15, 0.2) is 5.82 Å². The second kappa shape index (κ2) is 9.64. The Balaban J connectivity index is 1.79. The summed E-state index contributed by atoms with van der Waals surface area (Å²) in [6.07, 6.45) is 0. The van der Waals surface area contributed by atoms with Gasteiger partial charge in [-0.15, -0.1) is 10.2 Å². The van der Waals surface area contributed by atoms with E-state index in [-0.39, 0.29) is 10.3 Å². The summed E-state index contributed by atoms with van der Waals surface area (Å²) >= 11 is 1.49. The highest BCUT2D eigenvalue weighted by molar-refractivity contribution is 7.98. The first-order valence-electron chi connectivity index (χ1n) is 10.6. The van der Waals surface area contributed by atoms with Gasteiger partial charge in [0.05, 0.1) is 4.90 Å². The van der Waals surface area contributed by atoms with Crippen molar-refractivity contribution in [3.8, 4) is 11.4 Å². The smallest absolute Gasteiger partial charge is 0.243 e. The van der Waals surface area contributed by atoms with Crippen LogP contribution >= 0.6 is 11.8 Å². The van der Waals surface area contributed by atoms with Crippen molar-refractivity contribution in [1.29, 1.82) is 0 Å². The molecule has 32 heavy (non-hydrogen) atoms. The maximum atomic E-state index is 12.9. The van der Waals surface area contributed by atoms with Gasteiger partial charge >= 0.3 is 0 Å². The predicted octanol–water partition coefficient (Wildman–Crippen LogP) is 4.28. The molecule has 0 atom stereocenters. The molecule has 0 bridgehead atoms. The van der Waals surface area contributed by atoms with E-state index in [4.69, 9.17) is 5.84 Å². The first kappa shape index (κ1) is 24.3. The highest BCUT2D eigenvalue weighted by atomic mass is 32.2. The maximum Gasteiger partial charge on any atom is 0.243 e. The van der Waals surface area contributed by atoms with Crippen molar-refractivity contribution in [2.45, 2.75) is 55.8 Å². The van der Waals surface area contributed by atoms with Gasteiger partial charge in [-0.25, -0.2) is 13.1 Å². The molecule has 3 rings (SSSR count). The van der Waals surface area contributed by atoms with Crippen LogP contribution in [0.1, 0.15) is 45.7 Å². The molecule has 0 spiro atoms. The van der Waals surface area contributed by atoms with E-state index in [9.17, 15) is 8.42 Å². The number of hydrogen-bond acceptors (Lipinski definition) is 6. The largest absolute Gasteiger partial charge is 0.335 e. The van der Waals surface area contributed by atoms with Crippen LogP contribution < -0.4 is 5.84 Å². The summed E-state index contributed by atoms with van der Waals surface area (Å²) in [6.45, 7) is 11.0. The highest BCUT2D eigenvalue weighted by Crippen LogP contribution is 2.28. The Kier molecular flexibility index (Phi) is 7.32. The summed E-state index contributed by atoms with van der Waals surface area (Å²) in [4.78, 5) is 0.217. The number of nitrogen functional groups attached to an aromatic ring is 1. The predicted molar refractivity (Wildman–Crippen MR) is 130 cm³/mol. The zero-order valence-electron chi connectivity index (χ0n) is 19.2. The first-order valence-corrected chi connectivity index (χ1v) is 13.0. The van der Waals surface area contributed by atoms with Crippen molar-refractivity contribution < 1.29 is 8.42 Å². The Labute approximate surface area is 195 Å². The average molecular weight is 474 g/mol. The van der Waals surface area contributed by atoms with Gasteiger partial charge in [0.25, 0.3) is 0 Å². The van der Waals surface area contributed by atoms with Crippen LogP contribution in [-0.2, 0) is 21.2 Å². The molecule has 2 aromatic carbocycles. The molecule has 0 saturated heterocycles. The first-order chi connectivity index (χ1) is 15.1. The summed E-state index contributed by atoms with van der Waals surface area (Å²) in [7, 11) is -3.57. The fourth-order valence-electron chi connectivity index (χ4n) is 3.33. The van der Waals surface area contributed by atoms with Gasteiger partial charge in [0.1, 0.15) is 0 Å².